The summed E-state index contributed by atoms with van der Waals surface area (Å²) in [6, 6.07) is 10.3. The van der Waals surface area contributed by atoms with E-state index in [1.807, 2.05) is 52.8 Å². The molecular formula is C25H32Cl2N2O3. The van der Waals surface area contributed by atoms with E-state index < -0.39 is 6.04 Å². The highest BCUT2D eigenvalue weighted by molar-refractivity contribution is 6.36. The van der Waals surface area contributed by atoms with Crippen LogP contribution >= 0.6 is 23.2 Å². The van der Waals surface area contributed by atoms with Gasteiger partial charge >= 0.3 is 0 Å². The SMILES string of the molecule is CC[C@@H](C)NC(=O)[C@@H](CC)N(Cc1c(Cl)cccc1Cl)C(=O)COc1cc(C)ccc1C. The summed E-state index contributed by atoms with van der Waals surface area (Å²) in [4.78, 5) is 27.9. The first-order chi connectivity index (χ1) is 15.2. The van der Waals surface area contributed by atoms with Gasteiger partial charge < -0.3 is 15.0 Å². The lowest BCUT2D eigenvalue weighted by molar-refractivity contribution is -0.143. The van der Waals surface area contributed by atoms with Crippen molar-refractivity contribution >= 4 is 35.0 Å². The van der Waals surface area contributed by atoms with Gasteiger partial charge in [0.1, 0.15) is 11.8 Å². The highest BCUT2D eigenvalue weighted by Crippen LogP contribution is 2.27. The number of carbonyl (C=O) groups excluding carboxylic acids is 2. The van der Waals surface area contributed by atoms with Crippen LogP contribution < -0.4 is 10.1 Å². The third-order valence-corrected chi connectivity index (χ3v) is 6.18. The Morgan fingerprint density at radius 1 is 1.06 bits per heavy atom. The molecular weight excluding hydrogens is 447 g/mol. The molecule has 0 bridgehead atoms. The standard InChI is InChI=1S/C25H32Cl2N2O3/c1-6-18(5)28-25(31)22(7-2)29(14-19-20(26)9-8-10-21(19)27)24(30)15-32-23-13-16(3)11-12-17(23)4/h8-13,18,22H,6-7,14-15H2,1-5H3,(H,28,31)/t18-,22-/m1/s1. The lowest BCUT2D eigenvalue weighted by atomic mass is 10.1. The van der Waals surface area contributed by atoms with Crippen molar-refractivity contribution in [2.24, 2.45) is 0 Å². The molecule has 2 aromatic rings. The molecule has 0 heterocycles. The Labute approximate surface area is 201 Å². The van der Waals surface area contributed by atoms with Gasteiger partial charge in [-0.1, -0.05) is 55.2 Å². The first-order valence-corrected chi connectivity index (χ1v) is 11.7. The largest absolute Gasteiger partial charge is 0.483 e. The van der Waals surface area contributed by atoms with Crippen LogP contribution in [0.2, 0.25) is 10.0 Å². The topological polar surface area (TPSA) is 58.6 Å². The Bertz CT molecular complexity index is 929. The van der Waals surface area contributed by atoms with Crippen LogP contribution in [0.1, 0.15) is 50.3 Å². The number of aryl methyl sites for hydroxylation is 2. The molecule has 2 rings (SSSR count). The molecule has 0 aliphatic heterocycles. The van der Waals surface area contributed by atoms with Crippen LogP contribution in [-0.4, -0.2) is 35.4 Å². The van der Waals surface area contributed by atoms with Crippen molar-refractivity contribution in [2.45, 2.75) is 66.1 Å². The molecule has 0 spiro atoms. The van der Waals surface area contributed by atoms with E-state index in [1.54, 1.807) is 18.2 Å². The van der Waals surface area contributed by atoms with Gasteiger partial charge in [0.2, 0.25) is 5.91 Å². The van der Waals surface area contributed by atoms with Crippen LogP contribution in [0.5, 0.6) is 5.75 Å². The normalized spacial score (nSPS) is 12.7. The van der Waals surface area contributed by atoms with Crippen LogP contribution in [0.15, 0.2) is 36.4 Å². The van der Waals surface area contributed by atoms with Crippen molar-refractivity contribution in [3.05, 3.63) is 63.1 Å². The number of amides is 2. The monoisotopic (exact) mass is 478 g/mol. The van der Waals surface area contributed by atoms with Gasteiger partial charge in [0.25, 0.3) is 5.91 Å². The van der Waals surface area contributed by atoms with Gasteiger partial charge in [0.15, 0.2) is 6.61 Å². The van der Waals surface area contributed by atoms with E-state index in [1.165, 1.54) is 4.90 Å². The quantitative estimate of drug-likeness (QED) is 0.475. The minimum atomic E-state index is -0.675. The molecule has 2 amide bonds. The number of halogens is 2. The zero-order chi connectivity index (χ0) is 23.8. The molecule has 2 atom stereocenters. The van der Waals surface area contributed by atoms with E-state index in [4.69, 9.17) is 27.9 Å². The van der Waals surface area contributed by atoms with Crippen LogP contribution in [0.3, 0.4) is 0 Å². The highest BCUT2D eigenvalue weighted by atomic mass is 35.5. The smallest absolute Gasteiger partial charge is 0.261 e. The summed E-state index contributed by atoms with van der Waals surface area (Å²) in [6.07, 6.45) is 1.24. The number of carbonyl (C=O) groups is 2. The molecule has 32 heavy (non-hydrogen) atoms. The third-order valence-electron chi connectivity index (χ3n) is 5.47. The van der Waals surface area contributed by atoms with Crippen molar-refractivity contribution in [1.82, 2.24) is 10.2 Å². The van der Waals surface area contributed by atoms with Crippen molar-refractivity contribution in [3.8, 4) is 5.75 Å². The molecule has 1 N–H and O–H groups in total. The maximum atomic E-state index is 13.3. The number of hydrogen-bond acceptors (Lipinski definition) is 3. The zero-order valence-corrected chi connectivity index (χ0v) is 20.9. The molecule has 0 unspecified atom stereocenters. The average molecular weight is 479 g/mol. The summed E-state index contributed by atoms with van der Waals surface area (Å²) in [7, 11) is 0. The Hall–Kier alpha value is -2.24. The molecule has 0 fully saturated rings. The van der Waals surface area contributed by atoms with Crippen LogP contribution in [0.25, 0.3) is 0 Å². The number of nitrogens with zero attached hydrogens (tertiary/aromatic N) is 1. The summed E-state index contributed by atoms with van der Waals surface area (Å²) in [5.41, 5.74) is 2.58. The number of hydrogen-bond donors (Lipinski definition) is 1. The lowest BCUT2D eigenvalue weighted by Gasteiger charge is -2.32. The third kappa shape index (κ3) is 6.88. The van der Waals surface area contributed by atoms with Crippen LogP contribution in [0.4, 0.5) is 0 Å². The Morgan fingerprint density at radius 3 is 2.31 bits per heavy atom. The predicted octanol–water partition coefficient (Wildman–Crippen LogP) is 5.71. The fourth-order valence-corrected chi connectivity index (χ4v) is 3.82. The predicted molar refractivity (Wildman–Crippen MR) is 130 cm³/mol. The number of rotatable bonds is 10. The summed E-state index contributed by atoms with van der Waals surface area (Å²) in [6.45, 7) is 9.61. The lowest BCUT2D eigenvalue weighted by Crippen LogP contribution is -2.51. The first kappa shape index (κ1) is 26.0. The second-order valence-electron chi connectivity index (χ2n) is 8.02. The minimum absolute atomic E-state index is 0.00333. The fourth-order valence-electron chi connectivity index (χ4n) is 3.30. The number of nitrogens with one attached hydrogen (secondary N) is 1. The molecule has 0 saturated heterocycles. The van der Waals surface area contributed by atoms with Crippen molar-refractivity contribution < 1.29 is 14.3 Å². The van der Waals surface area contributed by atoms with Crippen molar-refractivity contribution in [3.63, 3.8) is 0 Å². The summed E-state index contributed by atoms with van der Waals surface area (Å²) < 4.78 is 5.85. The van der Waals surface area contributed by atoms with E-state index in [2.05, 4.69) is 5.32 Å². The zero-order valence-electron chi connectivity index (χ0n) is 19.4. The summed E-state index contributed by atoms with van der Waals surface area (Å²) >= 11 is 12.7. The molecule has 174 valence electrons. The van der Waals surface area contributed by atoms with Gasteiger partial charge in [-0.2, -0.15) is 0 Å². The molecule has 2 aromatic carbocycles. The molecule has 0 radical (unpaired) electrons. The Morgan fingerprint density at radius 2 is 1.72 bits per heavy atom. The van der Waals surface area contributed by atoms with E-state index in [0.29, 0.717) is 27.8 Å². The van der Waals surface area contributed by atoms with Gasteiger partial charge in [-0.05, 0) is 62.9 Å². The van der Waals surface area contributed by atoms with Gasteiger partial charge in [0, 0.05) is 28.2 Å². The second kappa shape index (κ2) is 12.1. The summed E-state index contributed by atoms with van der Waals surface area (Å²) in [5, 5.41) is 3.88. The molecule has 0 aromatic heterocycles. The van der Waals surface area contributed by atoms with Crippen LogP contribution in [-0.2, 0) is 16.1 Å². The molecule has 5 nitrogen and oxygen atoms in total. The molecule has 0 aliphatic rings. The number of benzene rings is 2. The average Bonchev–Trinajstić information content (AvgIpc) is 2.75. The maximum absolute atomic E-state index is 13.3. The van der Waals surface area contributed by atoms with Gasteiger partial charge in [-0.15, -0.1) is 0 Å². The van der Waals surface area contributed by atoms with Crippen molar-refractivity contribution in [1.29, 1.82) is 0 Å². The highest BCUT2D eigenvalue weighted by Gasteiger charge is 2.30. The van der Waals surface area contributed by atoms with Crippen LogP contribution in [0, 0.1) is 13.8 Å². The summed E-state index contributed by atoms with van der Waals surface area (Å²) in [5.74, 6) is 0.129. The van der Waals surface area contributed by atoms with Gasteiger partial charge in [-0.3, -0.25) is 9.59 Å². The maximum Gasteiger partial charge on any atom is 0.261 e. The van der Waals surface area contributed by atoms with E-state index in [0.717, 1.165) is 17.5 Å². The minimum Gasteiger partial charge on any atom is -0.483 e. The molecule has 0 saturated carbocycles. The van der Waals surface area contributed by atoms with Gasteiger partial charge in [0.05, 0.1) is 0 Å². The Kier molecular flexibility index (Phi) is 9.85. The van der Waals surface area contributed by atoms with E-state index in [9.17, 15) is 9.59 Å². The molecule has 0 aliphatic carbocycles. The second-order valence-corrected chi connectivity index (χ2v) is 8.84. The molecule has 7 heteroatoms. The first-order valence-electron chi connectivity index (χ1n) is 10.9. The Balaban J connectivity index is 2.32. The fraction of sp³-hybridized carbons (Fsp3) is 0.440. The van der Waals surface area contributed by atoms with Crippen molar-refractivity contribution in [2.75, 3.05) is 6.61 Å². The number of ether oxygens (including phenoxy) is 1. The van der Waals surface area contributed by atoms with E-state index >= 15 is 0 Å². The van der Waals surface area contributed by atoms with Gasteiger partial charge in [-0.25, -0.2) is 0 Å². The van der Waals surface area contributed by atoms with E-state index in [-0.39, 0.29) is 31.0 Å².